The summed E-state index contributed by atoms with van der Waals surface area (Å²) in [4.78, 5) is -1.45. The zero-order valence-corrected chi connectivity index (χ0v) is 18.0. The van der Waals surface area contributed by atoms with E-state index in [0.717, 1.165) is 6.26 Å². The Morgan fingerprint density at radius 2 is 1.62 bits per heavy atom. The fourth-order valence-corrected chi connectivity index (χ4v) is 6.90. The number of rotatable bonds is 8. The van der Waals surface area contributed by atoms with E-state index in [-0.39, 0.29) is 11.9 Å². The highest BCUT2D eigenvalue weighted by Gasteiger charge is 2.49. The zero-order valence-electron chi connectivity index (χ0n) is 12.6. The first-order valence-corrected chi connectivity index (χ1v) is 11.9. The van der Waals surface area contributed by atoms with E-state index in [9.17, 15) is 22.1 Å². The Kier molecular flexibility index (Phi) is 8.48. The van der Waals surface area contributed by atoms with E-state index in [1.54, 1.807) is 6.07 Å². The molecule has 0 rings (SSSR count). The molecular formula is C10H13Cl4N3O4S3. The van der Waals surface area contributed by atoms with Crippen LogP contribution in [-0.4, -0.2) is 51.8 Å². The van der Waals surface area contributed by atoms with Crippen LogP contribution in [0, 0.1) is 22.7 Å². The summed E-state index contributed by atoms with van der Waals surface area (Å²) in [5, 5.41) is 16.3. The van der Waals surface area contributed by atoms with Crippen molar-refractivity contribution in [2.24, 2.45) is 0 Å². The van der Waals surface area contributed by atoms with E-state index in [2.05, 4.69) is 0 Å². The highest BCUT2D eigenvalue weighted by atomic mass is 35.5. The van der Waals surface area contributed by atoms with Gasteiger partial charge in [-0.15, -0.1) is 26.9 Å². The molecule has 0 aromatic heterocycles. The van der Waals surface area contributed by atoms with Crippen LogP contribution in [0.25, 0.3) is 0 Å². The molecule has 0 aromatic carbocycles. The summed E-state index contributed by atoms with van der Waals surface area (Å²) in [5.74, 6) is -0.965. The number of sulfone groups is 1. The molecule has 0 radical (unpaired) electrons. The molecule has 138 valence electrons. The molecular weight excluding hydrogens is 464 g/mol. The molecule has 24 heavy (non-hydrogen) atoms. The van der Waals surface area contributed by atoms with Gasteiger partial charge in [-0.2, -0.15) is 10.5 Å². The first kappa shape index (κ1) is 24.4. The van der Waals surface area contributed by atoms with Crippen molar-refractivity contribution in [3.63, 3.8) is 0 Å². The second kappa shape index (κ2) is 8.36. The van der Waals surface area contributed by atoms with Crippen molar-refractivity contribution >= 4 is 78.2 Å². The van der Waals surface area contributed by atoms with Gasteiger partial charge in [-0.3, -0.25) is 0 Å². The number of sulfonamides is 1. The Morgan fingerprint density at radius 3 is 1.92 bits per heavy atom. The minimum Gasteiger partial charge on any atom is -0.229 e. The lowest BCUT2D eigenvalue weighted by atomic mass is 10.1. The normalized spacial score (nSPS) is 15.1. The van der Waals surface area contributed by atoms with Crippen LogP contribution in [0.15, 0.2) is 0 Å². The number of hydrogen-bond acceptors (Lipinski definition) is 7. The molecule has 0 saturated heterocycles. The van der Waals surface area contributed by atoms with E-state index in [1.165, 1.54) is 19.9 Å². The minimum atomic E-state index is -4.64. The SMILES string of the molecule is CC(C)(C#N)N(SC(Cl)(Cl)C(Cl)Cl)S(=O)(=O)C(C#N)CS(C)(=O)=O. The molecule has 0 aliphatic carbocycles. The summed E-state index contributed by atoms with van der Waals surface area (Å²) in [6, 6.07) is 3.12. The van der Waals surface area contributed by atoms with Crippen LogP contribution in [-0.2, 0) is 19.9 Å². The topological polar surface area (TPSA) is 119 Å². The Labute approximate surface area is 165 Å². The van der Waals surface area contributed by atoms with E-state index in [0.29, 0.717) is 3.71 Å². The molecule has 0 saturated carbocycles. The third kappa shape index (κ3) is 6.58. The lowest BCUT2D eigenvalue weighted by Crippen LogP contribution is -2.49. The fourth-order valence-electron chi connectivity index (χ4n) is 1.26. The first-order chi connectivity index (χ1) is 10.5. The average molecular weight is 477 g/mol. The number of halogens is 4. The predicted molar refractivity (Wildman–Crippen MR) is 97.1 cm³/mol. The zero-order chi connectivity index (χ0) is 19.6. The van der Waals surface area contributed by atoms with Crippen LogP contribution in [0.1, 0.15) is 13.8 Å². The van der Waals surface area contributed by atoms with Crippen LogP contribution in [0.5, 0.6) is 0 Å². The molecule has 0 spiro atoms. The van der Waals surface area contributed by atoms with E-state index >= 15 is 0 Å². The quantitative estimate of drug-likeness (QED) is 0.389. The van der Waals surface area contributed by atoms with Crippen molar-refractivity contribution < 1.29 is 16.8 Å². The van der Waals surface area contributed by atoms with Crippen LogP contribution < -0.4 is 0 Å². The van der Waals surface area contributed by atoms with Gasteiger partial charge in [0.25, 0.3) is 0 Å². The number of nitrogens with zero attached hydrogens (tertiary/aromatic N) is 3. The molecule has 0 heterocycles. The summed E-state index contributed by atoms with van der Waals surface area (Å²) >= 11 is 23.1. The summed E-state index contributed by atoms with van der Waals surface area (Å²) in [5.41, 5.74) is -1.73. The summed E-state index contributed by atoms with van der Waals surface area (Å²) in [7, 11) is -8.44. The maximum atomic E-state index is 12.7. The lowest BCUT2D eigenvalue weighted by Gasteiger charge is -2.35. The van der Waals surface area contributed by atoms with Crippen LogP contribution in [0.3, 0.4) is 0 Å². The number of hydrogen-bond donors (Lipinski definition) is 0. The van der Waals surface area contributed by atoms with Crippen molar-refractivity contribution in [1.29, 1.82) is 10.5 Å². The van der Waals surface area contributed by atoms with Gasteiger partial charge in [-0.25, -0.2) is 16.8 Å². The number of nitriles is 2. The molecule has 1 atom stereocenters. The number of alkyl halides is 4. The van der Waals surface area contributed by atoms with Crippen LogP contribution >= 0.6 is 58.4 Å². The van der Waals surface area contributed by atoms with Gasteiger partial charge in [-0.1, -0.05) is 23.2 Å². The second-order valence-electron chi connectivity index (χ2n) is 5.11. The summed E-state index contributed by atoms with van der Waals surface area (Å²) < 4.78 is 46.6. The van der Waals surface area contributed by atoms with Gasteiger partial charge in [0.05, 0.1) is 17.9 Å². The van der Waals surface area contributed by atoms with Crippen LogP contribution in [0.4, 0.5) is 0 Å². The Hall–Kier alpha value is 0.350. The molecule has 0 N–H and O–H groups in total. The molecule has 1 unspecified atom stereocenters. The molecule has 14 heteroatoms. The van der Waals surface area contributed by atoms with Crippen molar-refractivity contribution in [3.05, 3.63) is 0 Å². The minimum absolute atomic E-state index is 0.207. The van der Waals surface area contributed by atoms with Gasteiger partial charge in [0.15, 0.2) is 10.1 Å². The Morgan fingerprint density at radius 1 is 1.17 bits per heavy atom. The van der Waals surface area contributed by atoms with E-state index in [4.69, 9.17) is 51.7 Å². The van der Waals surface area contributed by atoms with Gasteiger partial charge in [-0.05, 0) is 25.8 Å². The van der Waals surface area contributed by atoms with Crippen molar-refractivity contribution in [1.82, 2.24) is 3.71 Å². The molecule has 0 aliphatic heterocycles. The molecule has 0 amide bonds. The average Bonchev–Trinajstić information content (AvgIpc) is 2.40. The van der Waals surface area contributed by atoms with Gasteiger partial charge >= 0.3 is 0 Å². The molecule has 0 fully saturated rings. The standard InChI is InChI=1S/C10H13Cl4N3O4S3/c1-9(2,6-16)17(22-10(13,14)8(11)12)24(20,21)7(4-15)5-23(3,18)19/h7-8H,5H2,1-3H3. The van der Waals surface area contributed by atoms with Crippen molar-refractivity contribution in [3.8, 4) is 12.1 Å². The largest absolute Gasteiger partial charge is 0.242 e. The fraction of sp³-hybridized carbons (Fsp3) is 0.800. The maximum Gasteiger partial charge on any atom is 0.242 e. The van der Waals surface area contributed by atoms with Crippen molar-refractivity contribution in [2.45, 2.75) is 33.1 Å². The van der Waals surface area contributed by atoms with Gasteiger partial charge in [0.1, 0.15) is 15.4 Å². The Bertz CT molecular complexity index is 753. The van der Waals surface area contributed by atoms with Gasteiger partial charge in [0.2, 0.25) is 13.7 Å². The molecule has 0 aliphatic rings. The monoisotopic (exact) mass is 475 g/mol. The smallest absolute Gasteiger partial charge is 0.229 e. The Balaban J connectivity index is 6.17. The third-order valence-electron chi connectivity index (χ3n) is 2.38. The van der Waals surface area contributed by atoms with Crippen LogP contribution in [0.2, 0.25) is 0 Å². The first-order valence-electron chi connectivity index (χ1n) is 5.89. The second-order valence-corrected chi connectivity index (χ2v) is 13.6. The molecule has 7 nitrogen and oxygen atoms in total. The highest BCUT2D eigenvalue weighted by molar-refractivity contribution is 8.11. The molecule has 0 bridgehead atoms. The third-order valence-corrected chi connectivity index (χ3v) is 9.60. The summed E-state index contributed by atoms with van der Waals surface area (Å²) in [6.45, 7) is 2.43. The van der Waals surface area contributed by atoms with E-state index < -0.39 is 44.9 Å². The van der Waals surface area contributed by atoms with Gasteiger partial charge in [0, 0.05) is 6.26 Å². The highest BCUT2D eigenvalue weighted by Crippen LogP contribution is 2.48. The lowest BCUT2D eigenvalue weighted by molar-refractivity contribution is 0.427. The van der Waals surface area contributed by atoms with Crippen molar-refractivity contribution in [2.75, 3.05) is 12.0 Å². The van der Waals surface area contributed by atoms with E-state index in [1.807, 2.05) is 0 Å². The summed E-state index contributed by atoms with van der Waals surface area (Å²) in [6.07, 6.45) is 0.779. The van der Waals surface area contributed by atoms with Gasteiger partial charge < -0.3 is 0 Å². The molecule has 0 aromatic rings. The maximum absolute atomic E-state index is 12.7. The predicted octanol–water partition coefficient (Wildman–Crippen LogP) is 2.44.